The Morgan fingerprint density at radius 3 is 2.64 bits per heavy atom. The molecule has 0 spiro atoms. The van der Waals surface area contributed by atoms with Gasteiger partial charge in [-0.15, -0.1) is 0 Å². The van der Waals surface area contributed by atoms with E-state index in [4.69, 9.17) is 4.74 Å². The van der Waals surface area contributed by atoms with Crippen LogP contribution in [0.3, 0.4) is 0 Å². The molecular weight excluding hydrogens is 280 g/mol. The van der Waals surface area contributed by atoms with E-state index in [1.54, 1.807) is 11.1 Å². The molecule has 0 bridgehead atoms. The topological polar surface area (TPSA) is 59.0 Å². The summed E-state index contributed by atoms with van der Waals surface area (Å²) >= 11 is 0. The largest absolute Gasteiger partial charge is 0.444 e. The molecule has 1 amide bonds. The van der Waals surface area contributed by atoms with Crippen molar-refractivity contribution < 1.29 is 14.3 Å². The lowest BCUT2D eigenvalue weighted by Gasteiger charge is -2.36. The number of hydrogen-bond donors (Lipinski definition) is 0. The molecule has 1 saturated heterocycles. The Labute approximate surface area is 132 Å². The third-order valence-electron chi connectivity index (χ3n) is 3.34. The molecule has 0 aromatic rings. The number of ether oxygens (including phenoxy) is 1. The third-order valence-corrected chi connectivity index (χ3v) is 3.34. The van der Waals surface area contributed by atoms with E-state index in [1.165, 1.54) is 0 Å². The van der Waals surface area contributed by atoms with E-state index >= 15 is 0 Å². The Hall–Kier alpha value is -1.91. The lowest BCUT2D eigenvalue weighted by molar-refractivity contribution is -0.122. The quantitative estimate of drug-likeness (QED) is 0.750. The van der Waals surface area contributed by atoms with E-state index in [2.05, 4.69) is 11.6 Å². The van der Waals surface area contributed by atoms with Crippen molar-refractivity contribution in [2.45, 2.75) is 59.1 Å². The van der Waals surface area contributed by atoms with Crippen LogP contribution < -0.4 is 0 Å². The fourth-order valence-electron chi connectivity index (χ4n) is 2.04. The maximum absolute atomic E-state index is 12.3. The first-order valence-corrected chi connectivity index (χ1v) is 7.51. The van der Waals surface area contributed by atoms with Crippen LogP contribution in [0, 0.1) is 0 Å². The summed E-state index contributed by atoms with van der Waals surface area (Å²) in [5.41, 5.74) is 0.923. The number of carbonyl (C=O) groups is 2. The van der Waals surface area contributed by atoms with Crippen LogP contribution in [0.2, 0.25) is 0 Å². The summed E-state index contributed by atoms with van der Waals surface area (Å²) < 4.78 is 5.42. The highest BCUT2D eigenvalue weighted by Crippen LogP contribution is 2.22. The number of amides is 1. The summed E-state index contributed by atoms with van der Waals surface area (Å²) in [5.74, 6) is 0.127. The van der Waals surface area contributed by atoms with Crippen molar-refractivity contribution in [2.75, 3.05) is 6.54 Å². The summed E-state index contributed by atoms with van der Waals surface area (Å²) in [6.07, 6.45) is 3.70. The van der Waals surface area contributed by atoms with Gasteiger partial charge in [-0.25, -0.2) is 4.79 Å². The summed E-state index contributed by atoms with van der Waals surface area (Å²) in [5, 5.41) is 0. The first kappa shape index (κ1) is 18.1. The summed E-state index contributed by atoms with van der Waals surface area (Å²) in [6, 6.07) is -0.385. The number of allylic oxidation sites excluding steroid dienone is 2. The Morgan fingerprint density at radius 2 is 2.09 bits per heavy atom. The van der Waals surface area contributed by atoms with Gasteiger partial charge in [0.1, 0.15) is 11.4 Å². The second-order valence-corrected chi connectivity index (χ2v) is 6.45. The molecule has 0 aromatic heterocycles. The second-order valence-electron chi connectivity index (χ2n) is 6.45. The Bertz CT molecular complexity index is 512. The number of nitrogens with zero attached hydrogens (tertiary/aromatic N) is 2. The molecule has 0 unspecified atom stereocenters. The number of piperidine rings is 1. The zero-order valence-electron chi connectivity index (χ0n) is 14.2. The molecule has 1 fully saturated rings. The molecule has 0 saturated carbocycles. The summed E-state index contributed by atoms with van der Waals surface area (Å²) in [6.45, 7) is 13.6. The van der Waals surface area contributed by atoms with Crippen LogP contribution in [0.5, 0.6) is 0 Å². The lowest BCUT2D eigenvalue weighted by Crippen LogP contribution is -2.49. The molecule has 1 rings (SSSR count). The van der Waals surface area contributed by atoms with Crippen molar-refractivity contribution in [1.82, 2.24) is 4.90 Å². The molecular formula is C17H26N2O3. The average Bonchev–Trinajstić information content (AvgIpc) is 2.42. The first-order chi connectivity index (χ1) is 10.1. The maximum atomic E-state index is 12.3. The Kier molecular flexibility index (Phi) is 6.09. The zero-order valence-corrected chi connectivity index (χ0v) is 14.2. The van der Waals surface area contributed by atoms with Gasteiger partial charge in [0, 0.05) is 31.3 Å². The molecule has 0 aromatic carbocycles. The van der Waals surface area contributed by atoms with E-state index in [9.17, 15) is 9.59 Å². The monoisotopic (exact) mass is 306 g/mol. The molecule has 0 N–H and O–H groups in total. The molecule has 1 atom stereocenters. The van der Waals surface area contributed by atoms with Gasteiger partial charge in [-0.2, -0.15) is 0 Å². The number of likely N-dealkylation sites (tertiary alicyclic amines) is 1. The van der Waals surface area contributed by atoms with Crippen LogP contribution in [-0.4, -0.2) is 41.2 Å². The van der Waals surface area contributed by atoms with E-state index < -0.39 is 11.7 Å². The highest BCUT2D eigenvalue weighted by molar-refractivity contribution is 5.88. The molecule has 1 aliphatic rings. The third kappa shape index (κ3) is 5.47. The predicted molar refractivity (Wildman–Crippen MR) is 88.0 cm³/mol. The van der Waals surface area contributed by atoms with Gasteiger partial charge in [0.25, 0.3) is 0 Å². The maximum Gasteiger partial charge on any atom is 0.410 e. The van der Waals surface area contributed by atoms with Crippen molar-refractivity contribution in [3.63, 3.8) is 0 Å². The summed E-state index contributed by atoms with van der Waals surface area (Å²) in [7, 11) is 0. The van der Waals surface area contributed by atoms with Crippen molar-refractivity contribution in [1.29, 1.82) is 0 Å². The first-order valence-electron chi connectivity index (χ1n) is 7.51. The standard InChI is InChI=1S/C17H26N2O3/c1-7-13(3)18-11-12(2)15-10-14(20)8-9-19(15)16(21)22-17(4,5)6/h7,11,15H,2,8-10H2,1,3-6H3/b13-7-,18-11-/t15-/m0/s1. The minimum atomic E-state index is -0.569. The minimum absolute atomic E-state index is 0.127. The fourth-order valence-corrected chi connectivity index (χ4v) is 2.04. The van der Waals surface area contributed by atoms with Gasteiger partial charge in [-0.05, 0) is 40.2 Å². The fraction of sp³-hybridized carbons (Fsp3) is 0.588. The van der Waals surface area contributed by atoms with Crippen molar-refractivity contribution in [3.05, 3.63) is 23.9 Å². The van der Waals surface area contributed by atoms with Gasteiger partial charge in [-0.3, -0.25) is 9.79 Å². The van der Waals surface area contributed by atoms with Gasteiger partial charge in [0.05, 0.1) is 6.04 Å². The second kappa shape index (κ2) is 7.38. The average molecular weight is 306 g/mol. The van der Waals surface area contributed by atoms with E-state index in [1.807, 2.05) is 40.7 Å². The zero-order chi connectivity index (χ0) is 16.9. The van der Waals surface area contributed by atoms with E-state index in [0.29, 0.717) is 18.5 Å². The van der Waals surface area contributed by atoms with Crippen molar-refractivity contribution in [2.24, 2.45) is 4.99 Å². The SMILES string of the molecule is C=C(/C=N\C(C)=C/C)[C@@H]1CC(=O)CCN1C(=O)OC(C)(C)C. The molecule has 122 valence electrons. The van der Waals surface area contributed by atoms with E-state index in [-0.39, 0.29) is 18.2 Å². The molecule has 22 heavy (non-hydrogen) atoms. The van der Waals surface area contributed by atoms with Crippen molar-refractivity contribution in [3.8, 4) is 0 Å². The van der Waals surface area contributed by atoms with Gasteiger partial charge >= 0.3 is 6.09 Å². The van der Waals surface area contributed by atoms with Crippen LogP contribution in [-0.2, 0) is 9.53 Å². The molecule has 5 heteroatoms. The van der Waals surface area contributed by atoms with Crippen LogP contribution in [0.4, 0.5) is 4.79 Å². The highest BCUT2D eigenvalue weighted by atomic mass is 16.6. The van der Waals surface area contributed by atoms with Gasteiger partial charge in [0.2, 0.25) is 0 Å². The molecule has 1 aliphatic heterocycles. The normalized spacial score (nSPS) is 20.4. The number of ketones is 1. The van der Waals surface area contributed by atoms with Crippen LogP contribution in [0.15, 0.2) is 28.9 Å². The number of carbonyl (C=O) groups excluding carboxylic acids is 2. The number of Topliss-reactive ketones (excluding diaryl/α,β-unsaturated/α-hetero) is 1. The molecule has 0 radical (unpaired) electrons. The Morgan fingerprint density at radius 1 is 1.45 bits per heavy atom. The molecule has 5 nitrogen and oxygen atoms in total. The highest BCUT2D eigenvalue weighted by Gasteiger charge is 2.34. The van der Waals surface area contributed by atoms with Gasteiger partial charge in [-0.1, -0.05) is 12.7 Å². The van der Waals surface area contributed by atoms with Crippen LogP contribution in [0.25, 0.3) is 0 Å². The van der Waals surface area contributed by atoms with Gasteiger partial charge < -0.3 is 9.64 Å². The predicted octanol–water partition coefficient (Wildman–Crippen LogP) is 3.51. The summed E-state index contributed by atoms with van der Waals surface area (Å²) in [4.78, 5) is 29.9. The molecule has 1 heterocycles. The Balaban J connectivity index is 2.90. The van der Waals surface area contributed by atoms with Crippen LogP contribution in [0.1, 0.15) is 47.5 Å². The number of rotatable bonds is 3. The van der Waals surface area contributed by atoms with Crippen LogP contribution >= 0.6 is 0 Å². The molecule has 0 aliphatic carbocycles. The minimum Gasteiger partial charge on any atom is -0.444 e. The number of hydrogen-bond acceptors (Lipinski definition) is 4. The van der Waals surface area contributed by atoms with Gasteiger partial charge in [0.15, 0.2) is 0 Å². The number of aliphatic imine (C=N–C) groups is 1. The smallest absolute Gasteiger partial charge is 0.410 e. The van der Waals surface area contributed by atoms with E-state index in [0.717, 1.165) is 5.70 Å². The lowest BCUT2D eigenvalue weighted by atomic mass is 9.96. The van der Waals surface area contributed by atoms with Crippen molar-refractivity contribution >= 4 is 18.1 Å².